The van der Waals surface area contributed by atoms with Crippen LogP contribution in [0.1, 0.15) is 84.9 Å². The molecule has 2 aromatic carbocycles. The van der Waals surface area contributed by atoms with Crippen molar-refractivity contribution >= 4 is 35.0 Å². The third-order valence-corrected chi connectivity index (χ3v) is 7.21. The van der Waals surface area contributed by atoms with E-state index in [2.05, 4.69) is 10.6 Å². The van der Waals surface area contributed by atoms with E-state index in [1.54, 1.807) is 36.4 Å². The van der Waals surface area contributed by atoms with Gasteiger partial charge in [-0.05, 0) is 75.6 Å². The Morgan fingerprint density at radius 1 is 0.553 bits per heavy atom. The van der Waals surface area contributed by atoms with E-state index in [1.807, 2.05) is 21.9 Å². The summed E-state index contributed by atoms with van der Waals surface area (Å²) in [5.74, 6) is -0.448. The maximum Gasteiger partial charge on any atom is 0.255 e. The second-order valence-corrected chi connectivity index (χ2v) is 10.1. The number of carbonyl (C=O) groups is 4. The van der Waals surface area contributed by atoms with Gasteiger partial charge in [0.1, 0.15) is 0 Å². The third kappa shape index (κ3) is 7.43. The van der Waals surface area contributed by atoms with Crippen molar-refractivity contribution in [3.63, 3.8) is 0 Å². The van der Waals surface area contributed by atoms with E-state index in [-0.39, 0.29) is 36.5 Å². The number of amides is 4. The topological polar surface area (TPSA) is 98.8 Å². The van der Waals surface area contributed by atoms with Gasteiger partial charge in [-0.3, -0.25) is 19.2 Å². The molecule has 2 N–H and O–H groups in total. The van der Waals surface area contributed by atoms with Gasteiger partial charge in [-0.1, -0.05) is 24.3 Å². The Kier molecular flexibility index (Phi) is 9.90. The average Bonchev–Trinajstić information content (AvgIpc) is 2.96. The molecule has 0 unspecified atom stereocenters. The number of nitrogens with one attached hydrogen (secondary N) is 2. The van der Waals surface area contributed by atoms with Crippen molar-refractivity contribution in [3.8, 4) is 0 Å². The van der Waals surface area contributed by atoms with Crippen LogP contribution in [0.25, 0.3) is 0 Å². The fraction of sp³-hybridized carbons (Fsp3) is 0.467. The van der Waals surface area contributed by atoms with Crippen LogP contribution in [0.3, 0.4) is 0 Å². The van der Waals surface area contributed by atoms with Crippen LogP contribution >= 0.6 is 0 Å². The molecule has 4 amide bonds. The monoisotopic (exact) mass is 518 g/mol. The van der Waals surface area contributed by atoms with Gasteiger partial charge in [0, 0.05) is 39.0 Å². The van der Waals surface area contributed by atoms with Crippen molar-refractivity contribution in [2.24, 2.45) is 0 Å². The molecular formula is C30H38N4O4. The number of nitrogens with zero attached hydrogens (tertiary/aromatic N) is 2. The summed E-state index contributed by atoms with van der Waals surface area (Å²) in [4.78, 5) is 54.8. The van der Waals surface area contributed by atoms with Gasteiger partial charge in [-0.2, -0.15) is 0 Å². The number of unbranched alkanes of at least 4 members (excludes halogenated alkanes) is 1. The standard InChI is InChI=1S/C30H38N4O4/c35-27(31-25-15-5-3-13-23(25)29(37)33-19-9-1-10-20-33)17-7-8-18-28(36)32-26-16-6-4-14-24(26)30(38)34-21-11-2-12-22-34/h3-6,13-16H,1-2,7-12,17-22H2,(H,31,35)(H,32,36). The van der Waals surface area contributed by atoms with Gasteiger partial charge in [0.15, 0.2) is 0 Å². The summed E-state index contributed by atoms with van der Waals surface area (Å²) in [6.45, 7) is 3.00. The van der Waals surface area contributed by atoms with Crippen LogP contribution in [0.2, 0.25) is 0 Å². The lowest BCUT2D eigenvalue weighted by Crippen LogP contribution is -2.36. The first kappa shape index (κ1) is 27.4. The Morgan fingerprint density at radius 2 is 0.921 bits per heavy atom. The number of benzene rings is 2. The normalized spacial score (nSPS) is 15.6. The Bertz CT molecular complexity index is 1050. The van der Waals surface area contributed by atoms with E-state index in [1.165, 1.54) is 0 Å². The van der Waals surface area contributed by atoms with E-state index in [0.29, 0.717) is 35.3 Å². The maximum absolute atomic E-state index is 12.9. The van der Waals surface area contributed by atoms with E-state index in [0.717, 1.165) is 64.7 Å². The quantitative estimate of drug-likeness (QED) is 0.453. The third-order valence-electron chi connectivity index (χ3n) is 7.21. The molecule has 4 rings (SSSR count). The zero-order valence-corrected chi connectivity index (χ0v) is 22.0. The highest BCUT2D eigenvalue weighted by molar-refractivity contribution is 6.04. The minimum atomic E-state index is -0.179. The minimum absolute atomic E-state index is 0.0451. The number of anilines is 2. The summed E-state index contributed by atoms with van der Waals surface area (Å²) in [5.41, 5.74) is 2.08. The van der Waals surface area contributed by atoms with Crippen molar-refractivity contribution in [2.75, 3.05) is 36.8 Å². The van der Waals surface area contributed by atoms with Gasteiger partial charge in [-0.25, -0.2) is 0 Å². The number of para-hydroxylation sites is 2. The summed E-state index contributed by atoms with van der Waals surface area (Å²) < 4.78 is 0. The first-order valence-corrected chi connectivity index (χ1v) is 13.9. The molecule has 2 saturated heterocycles. The molecule has 0 aromatic heterocycles. The second kappa shape index (κ2) is 13.7. The lowest BCUT2D eigenvalue weighted by molar-refractivity contribution is -0.118. The number of hydrogen-bond donors (Lipinski definition) is 2. The Balaban J connectivity index is 1.23. The number of carbonyl (C=O) groups excluding carboxylic acids is 4. The molecule has 0 aliphatic carbocycles. The van der Waals surface area contributed by atoms with Gasteiger partial charge in [0.25, 0.3) is 11.8 Å². The van der Waals surface area contributed by atoms with Crippen molar-refractivity contribution in [3.05, 3.63) is 59.7 Å². The van der Waals surface area contributed by atoms with Crippen LogP contribution in [-0.2, 0) is 9.59 Å². The van der Waals surface area contributed by atoms with Crippen LogP contribution in [0.15, 0.2) is 48.5 Å². The van der Waals surface area contributed by atoms with Gasteiger partial charge >= 0.3 is 0 Å². The lowest BCUT2D eigenvalue weighted by atomic mass is 10.1. The largest absolute Gasteiger partial charge is 0.339 e. The molecule has 202 valence electrons. The van der Waals surface area contributed by atoms with Gasteiger partial charge in [0.05, 0.1) is 22.5 Å². The highest BCUT2D eigenvalue weighted by atomic mass is 16.2. The molecule has 2 fully saturated rings. The number of hydrogen-bond acceptors (Lipinski definition) is 4. The van der Waals surface area contributed by atoms with Gasteiger partial charge in [0.2, 0.25) is 11.8 Å². The minimum Gasteiger partial charge on any atom is -0.339 e. The molecule has 2 aliphatic rings. The summed E-state index contributed by atoms with van der Waals surface area (Å²) in [6, 6.07) is 14.3. The fourth-order valence-electron chi connectivity index (χ4n) is 5.09. The van der Waals surface area contributed by atoms with E-state index in [4.69, 9.17) is 0 Å². The highest BCUT2D eigenvalue weighted by Gasteiger charge is 2.22. The summed E-state index contributed by atoms with van der Waals surface area (Å²) in [6.07, 6.45) is 7.90. The molecule has 8 nitrogen and oxygen atoms in total. The molecular weight excluding hydrogens is 480 g/mol. The van der Waals surface area contributed by atoms with Crippen molar-refractivity contribution in [1.29, 1.82) is 0 Å². The highest BCUT2D eigenvalue weighted by Crippen LogP contribution is 2.22. The lowest BCUT2D eigenvalue weighted by Gasteiger charge is -2.27. The summed E-state index contributed by atoms with van der Waals surface area (Å²) >= 11 is 0. The molecule has 8 heteroatoms. The van der Waals surface area contributed by atoms with Gasteiger partial charge in [-0.15, -0.1) is 0 Å². The van der Waals surface area contributed by atoms with Crippen molar-refractivity contribution in [2.45, 2.75) is 64.2 Å². The molecule has 0 radical (unpaired) electrons. The first-order chi connectivity index (χ1) is 18.5. The average molecular weight is 519 g/mol. The van der Waals surface area contributed by atoms with Crippen LogP contribution in [0.5, 0.6) is 0 Å². The summed E-state index contributed by atoms with van der Waals surface area (Å²) in [7, 11) is 0. The fourth-order valence-corrected chi connectivity index (χ4v) is 5.09. The smallest absolute Gasteiger partial charge is 0.255 e. The number of piperidine rings is 2. The molecule has 0 saturated carbocycles. The first-order valence-electron chi connectivity index (χ1n) is 13.9. The number of rotatable bonds is 9. The Labute approximate surface area is 224 Å². The molecule has 0 atom stereocenters. The van der Waals surface area contributed by atoms with E-state index >= 15 is 0 Å². The van der Waals surface area contributed by atoms with Gasteiger partial charge < -0.3 is 20.4 Å². The summed E-state index contributed by atoms with van der Waals surface area (Å²) in [5, 5.41) is 5.76. The van der Waals surface area contributed by atoms with Crippen molar-refractivity contribution in [1.82, 2.24) is 9.80 Å². The SMILES string of the molecule is O=C(CCCCC(=O)Nc1ccccc1C(=O)N1CCCCC1)Nc1ccccc1C(=O)N1CCCCC1. The van der Waals surface area contributed by atoms with Crippen LogP contribution < -0.4 is 10.6 Å². The van der Waals surface area contributed by atoms with E-state index < -0.39 is 0 Å². The Hall–Kier alpha value is -3.68. The van der Waals surface area contributed by atoms with Crippen LogP contribution in [0.4, 0.5) is 11.4 Å². The number of likely N-dealkylation sites (tertiary alicyclic amines) is 2. The van der Waals surface area contributed by atoms with E-state index in [9.17, 15) is 19.2 Å². The Morgan fingerprint density at radius 3 is 1.32 bits per heavy atom. The molecule has 0 bridgehead atoms. The van der Waals surface area contributed by atoms with Crippen LogP contribution in [0, 0.1) is 0 Å². The zero-order valence-electron chi connectivity index (χ0n) is 22.0. The second-order valence-electron chi connectivity index (χ2n) is 10.1. The molecule has 0 spiro atoms. The predicted molar refractivity (Wildman–Crippen MR) is 148 cm³/mol. The molecule has 2 aromatic rings. The van der Waals surface area contributed by atoms with Crippen molar-refractivity contribution < 1.29 is 19.2 Å². The molecule has 38 heavy (non-hydrogen) atoms. The van der Waals surface area contributed by atoms with Crippen LogP contribution in [-0.4, -0.2) is 59.6 Å². The zero-order chi connectivity index (χ0) is 26.7. The maximum atomic E-state index is 12.9. The molecule has 2 aliphatic heterocycles. The molecule has 2 heterocycles. The predicted octanol–water partition coefficient (Wildman–Crippen LogP) is 5.08.